The molecular weight excluding hydrogens is 565 g/mol. The Morgan fingerprint density at radius 2 is 1.20 bits per heavy atom. The van der Waals surface area contributed by atoms with Gasteiger partial charge in [0.2, 0.25) is 0 Å². The van der Waals surface area contributed by atoms with Crippen molar-refractivity contribution in [2.75, 3.05) is 0 Å². The smallest absolute Gasteiger partial charge is 0.0645 e. The molecule has 3 heteroatoms. The first-order chi connectivity index (χ1) is 24.0. The van der Waals surface area contributed by atoms with Crippen molar-refractivity contribution in [1.29, 1.82) is 0 Å². The van der Waals surface area contributed by atoms with Gasteiger partial charge >= 0.3 is 0 Å². The molecule has 3 heterocycles. The fraction of sp³-hybridized carbons (Fsp3) is 0. The highest BCUT2D eigenvalue weighted by atomic mass is 32.1. The van der Waals surface area contributed by atoms with Crippen LogP contribution in [0.5, 0.6) is 0 Å². The summed E-state index contributed by atoms with van der Waals surface area (Å²) in [6, 6.07) is 45.8. The lowest BCUT2D eigenvalue weighted by Gasteiger charge is -2.11. The van der Waals surface area contributed by atoms with Gasteiger partial charge in [-0.25, -0.2) is 0 Å². The second-order valence-electron chi connectivity index (χ2n) is 11.4. The quantitative estimate of drug-likeness (QED) is 0.193. The fourth-order valence-electron chi connectivity index (χ4n) is 7.13. The highest BCUT2D eigenvalue weighted by Gasteiger charge is 2.20. The molecule has 3 aromatic heterocycles. The van der Waals surface area contributed by atoms with Crippen LogP contribution >= 0.6 is 11.3 Å². The Kier molecular flexibility index (Phi) is 4.43. The third-order valence-electron chi connectivity index (χ3n) is 9.05. The van der Waals surface area contributed by atoms with Gasteiger partial charge in [-0.3, -0.25) is 0 Å². The number of hydrogen-bond donors (Lipinski definition) is 0. The maximum absolute atomic E-state index is 9.02. The van der Waals surface area contributed by atoms with Gasteiger partial charge in [0.25, 0.3) is 0 Å². The number of hydrogen-bond acceptors (Lipinski definition) is 1. The summed E-state index contributed by atoms with van der Waals surface area (Å²) < 4.78 is 41.9. The Labute approximate surface area is 269 Å². The molecule has 0 aliphatic rings. The number of thiophene rings is 1. The average Bonchev–Trinajstić information content (AvgIpc) is 3.81. The van der Waals surface area contributed by atoms with Gasteiger partial charge < -0.3 is 9.13 Å². The number of nitrogens with zero attached hydrogens (tertiary/aromatic N) is 2. The molecule has 0 amide bonds. The van der Waals surface area contributed by atoms with Crippen LogP contribution in [-0.4, -0.2) is 9.13 Å². The van der Waals surface area contributed by atoms with Gasteiger partial charge in [-0.05, 0) is 59.6 Å². The molecule has 0 aliphatic carbocycles. The molecule has 0 saturated carbocycles. The average molecular weight is 595 g/mol. The predicted octanol–water partition coefficient (Wildman–Crippen LogP) is 11.9. The molecule has 210 valence electrons. The first-order valence-corrected chi connectivity index (χ1v) is 15.9. The van der Waals surface area contributed by atoms with Gasteiger partial charge in [0.1, 0.15) is 0 Å². The van der Waals surface area contributed by atoms with E-state index < -0.39 is 0 Å². The second kappa shape index (κ2) is 9.43. The van der Waals surface area contributed by atoms with Crippen molar-refractivity contribution in [2.45, 2.75) is 0 Å². The van der Waals surface area contributed by atoms with E-state index in [9.17, 15) is 0 Å². The largest absolute Gasteiger partial charge is 0.309 e. The summed E-state index contributed by atoms with van der Waals surface area (Å²) in [5, 5.41) is 5.96. The predicted molar refractivity (Wildman–Crippen MR) is 193 cm³/mol. The molecule has 45 heavy (non-hydrogen) atoms. The number of para-hydroxylation sites is 3. The van der Waals surface area contributed by atoms with Gasteiger partial charge in [0.15, 0.2) is 0 Å². The van der Waals surface area contributed by atoms with Crippen LogP contribution in [0.25, 0.3) is 86.3 Å². The normalized spacial score (nSPS) is 13.2. The molecule has 0 saturated heterocycles. The molecule has 0 spiro atoms. The summed E-state index contributed by atoms with van der Waals surface area (Å²) in [5.74, 6) is 0. The highest BCUT2D eigenvalue weighted by Crippen LogP contribution is 2.43. The lowest BCUT2D eigenvalue weighted by Crippen LogP contribution is -1.95. The third kappa shape index (κ3) is 3.50. The molecule has 0 N–H and O–H groups in total. The van der Waals surface area contributed by atoms with E-state index in [0.717, 1.165) is 49.6 Å². The molecule has 0 aliphatic heterocycles. The molecule has 7 aromatic carbocycles. The van der Waals surface area contributed by atoms with Gasteiger partial charge in [-0.1, -0.05) is 109 Å². The van der Waals surface area contributed by atoms with Gasteiger partial charge in [0.05, 0.1) is 27.5 Å². The summed E-state index contributed by atoms with van der Waals surface area (Å²) in [6.07, 6.45) is 0. The van der Waals surface area contributed by atoms with E-state index in [2.05, 4.69) is 95.6 Å². The maximum Gasteiger partial charge on any atom is 0.0645 e. The van der Waals surface area contributed by atoms with E-state index >= 15 is 0 Å². The summed E-state index contributed by atoms with van der Waals surface area (Å²) in [6.45, 7) is 0. The Hall–Kier alpha value is -5.64. The summed E-state index contributed by atoms with van der Waals surface area (Å²) in [5.41, 5.74) is 7.67. The zero-order chi connectivity index (χ0) is 33.0. The van der Waals surface area contributed by atoms with Crippen molar-refractivity contribution < 1.29 is 5.48 Å². The molecule has 0 radical (unpaired) electrons. The fourth-order valence-corrected chi connectivity index (χ4v) is 8.37. The van der Waals surface area contributed by atoms with Crippen molar-refractivity contribution >= 4 is 75.1 Å². The summed E-state index contributed by atoms with van der Waals surface area (Å²) in [7, 11) is 0. The molecule has 0 bridgehead atoms. The maximum atomic E-state index is 9.02. The number of benzene rings is 7. The number of rotatable bonds is 3. The van der Waals surface area contributed by atoms with Gasteiger partial charge in [0, 0.05) is 53.1 Å². The van der Waals surface area contributed by atoms with E-state index in [1.165, 1.54) is 25.7 Å². The Morgan fingerprint density at radius 3 is 2.09 bits per heavy atom. The SMILES string of the molecule is [2H]c1c([2H])c([2H])c2c(c1[2H])c1ccc3c(c4ccccc4n3-c3ccc(-c4cccc5c4sc4ccccc45)cc3)c1n2-c1ccccc1. The van der Waals surface area contributed by atoms with E-state index in [-0.39, 0.29) is 24.2 Å². The van der Waals surface area contributed by atoms with E-state index in [1.54, 1.807) is 0 Å². The van der Waals surface area contributed by atoms with Crippen LogP contribution < -0.4 is 0 Å². The minimum Gasteiger partial charge on any atom is -0.309 e. The van der Waals surface area contributed by atoms with Crippen LogP contribution in [0, 0.1) is 0 Å². The number of fused-ring (bicyclic) bond motifs is 10. The second-order valence-corrected chi connectivity index (χ2v) is 12.5. The standard InChI is InChI=1S/C42H26N2S/c1-2-11-28(12-3-1)44-36-18-7-4-13-31(36)33-25-26-38-40(41(33)44)35-15-5-8-19-37(35)43(38)29-23-21-27(22-24-29)30-16-10-17-34-32-14-6-9-20-39(32)45-42(30)34/h1-26H/i4D,7D,13D,18D. The first-order valence-electron chi connectivity index (χ1n) is 17.0. The molecule has 0 unspecified atom stereocenters. The van der Waals surface area contributed by atoms with Crippen LogP contribution in [0.4, 0.5) is 0 Å². The topological polar surface area (TPSA) is 9.86 Å². The molecule has 10 aromatic rings. The molecular formula is C42H26N2S. The molecule has 2 nitrogen and oxygen atoms in total. The monoisotopic (exact) mass is 594 g/mol. The van der Waals surface area contributed by atoms with Crippen molar-refractivity contribution in [3.05, 3.63) is 158 Å². The van der Waals surface area contributed by atoms with E-state index in [1.807, 2.05) is 58.4 Å². The van der Waals surface area contributed by atoms with Crippen LogP contribution in [0.1, 0.15) is 5.48 Å². The van der Waals surface area contributed by atoms with Crippen molar-refractivity contribution in [1.82, 2.24) is 9.13 Å². The van der Waals surface area contributed by atoms with Crippen molar-refractivity contribution in [3.8, 4) is 22.5 Å². The summed E-state index contributed by atoms with van der Waals surface area (Å²) in [4.78, 5) is 0. The molecule has 0 atom stereocenters. The van der Waals surface area contributed by atoms with Gasteiger partial charge in [-0.2, -0.15) is 0 Å². The Balaban J connectivity index is 1.26. The summed E-state index contributed by atoms with van der Waals surface area (Å²) >= 11 is 1.84. The minimum absolute atomic E-state index is 0.0250. The van der Waals surface area contributed by atoms with Crippen molar-refractivity contribution in [2.24, 2.45) is 0 Å². The highest BCUT2D eigenvalue weighted by molar-refractivity contribution is 7.26. The lowest BCUT2D eigenvalue weighted by atomic mass is 10.0. The zero-order valence-electron chi connectivity index (χ0n) is 28.0. The lowest BCUT2D eigenvalue weighted by molar-refractivity contribution is 1.17. The Bertz CT molecular complexity index is 2970. The van der Waals surface area contributed by atoms with Crippen LogP contribution in [-0.2, 0) is 0 Å². The third-order valence-corrected chi connectivity index (χ3v) is 10.3. The van der Waals surface area contributed by atoms with Crippen LogP contribution in [0.3, 0.4) is 0 Å². The zero-order valence-corrected chi connectivity index (χ0v) is 24.8. The van der Waals surface area contributed by atoms with Crippen molar-refractivity contribution in [3.63, 3.8) is 0 Å². The van der Waals surface area contributed by atoms with Crippen LogP contribution in [0.2, 0.25) is 0 Å². The molecule has 10 rings (SSSR count). The van der Waals surface area contributed by atoms with Crippen LogP contribution in [0.15, 0.2) is 158 Å². The number of aromatic nitrogens is 2. The minimum atomic E-state index is -0.234. The van der Waals surface area contributed by atoms with E-state index in [0.29, 0.717) is 10.9 Å². The first kappa shape index (κ1) is 21.1. The Morgan fingerprint density at radius 1 is 0.467 bits per heavy atom. The van der Waals surface area contributed by atoms with Gasteiger partial charge in [-0.15, -0.1) is 11.3 Å². The van der Waals surface area contributed by atoms with E-state index in [4.69, 9.17) is 5.48 Å². The molecule has 0 fully saturated rings.